The van der Waals surface area contributed by atoms with Gasteiger partial charge in [-0.2, -0.15) is 0 Å². The van der Waals surface area contributed by atoms with Crippen LogP contribution in [0.25, 0.3) is 44.5 Å². The Hall–Kier alpha value is -3.90. The zero-order valence-corrected chi connectivity index (χ0v) is 16.7. The van der Waals surface area contributed by atoms with Gasteiger partial charge in [0.15, 0.2) is 0 Å². The largest absolute Gasteiger partial charge is 0.0622 e. The van der Waals surface area contributed by atoms with Crippen LogP contribution in [0.15, 0.2) is 133 Å². The van der Waals surface area contributed by atoms with E-state index in [4.69, 9.17) is 0 Å². The van der Waals surface area contributed by atoms with E-state index in [1.807, 2.05) is 0 Å². The molecule has 30 heavy (non-hydrogen) atoms. The molecular weight excluding hydrogens is 360 g/mol. The Bertz CT molecular complexity index is 1250. The van der Waals surface area contributed by atoms with E-state index in [-0.39, 0.29) is 0 Å². The Balaban J connectivity index is 1.52. The molecule has 0 aliphatic carbocycles. The molecule has 142 valence electrons. The molecule has 0 aliphatic heterocycles. The molecule has 5 rings (SSSR count). The Kier molecular flexibility index (Phi) is 4.98. The van der Waals surface area contributed by atoms with Crippen molar-refractivity contribution >= 4 is 0 Å². The van der Waals surface area contributed by atoms with Crippen molar-refractivity contribution in [2.45, 2.75) is 0 Å². The first-order valence-corrected chi connectivity index (χ1v) is 10.3. The second-order valence-electron chi connectivity index (χ2n) is 7.44. The van der Waals surface area contributed by atoms with Crippen LogP contribution >= 0.6 is 0 Å². The molecular formula is C30H22. The molecule has 0 heterocycles. The fraction of sp³-hybridized carbons (Fsp3) is 0. The fourth-order valence-electron chi connectivity index (χ4n) is 3.96. The summed E-state index contributed by atoms with van der Waals surface area (Å²) in [7, 11) is 0. The van der Waals surface area contributed by atoms with Gasteiger partial charge in [0.25, 0.3) is 0 Å². The molecule has 0 N–H and O–H groups in total. The second-order valence-corrected chi connectivity index (χ2v) is 7.44. The average molecular weight is 383 g/mol. The van der Waals surface area contributed by atoms with Gasteiger partial charge in [0.1, 0.15) is 0 Å². The van der Waals surface area contributed by atoms with Crippen LogP contribution in [0, 0.1) is 0 Å². The minimum Gasteiger partial charge on any atom is -0.0622 e. The van der Waals surface area contributed by atoms with Gasteiger partial charge in [-0.1, -0.05) is 127 Å². The molecule has 0 amide bonds. The minimum atomic E-state index is 1.23. The van der Waals surface area contributed by atoms with Crippen LogP contribution in [0.2, 0.25) is 0 Å². The van der Waals surface area contributed by atoms with Crippen LogP contribution in [0.3, 0.4) is 0 Å². The molecule has 0 bridgehead atoms. The standard InChI is InChI=1S/C30H22/c1-3-10-23(11-4-1)24-18-20-25(21-19-24)27-14-9-15-28(22-27)30-17-8-7-16-29(30)26-12-5-2-6-13-26/h1-22H. The smallest absolute Gasteiger partial charge is 0.0105 e. The van der Waals surface area contributed by atoms with Crippen LogP contribution < -0.4 is 0 Å². The fourth-order valence-corrected chi connectivity index (χ4v) is 3.96. The molecule has 5 aromatic rings. The van der Waals surface area contributed by atoms with E-state index in [0.29, 0.717) is 0 Å². The van der Waals surface area contributed by atoms with Crippen molar-refractivity contribution in [1.29, 1.82) is 0 Å². The summed E-state index contributed by atoms with van der Waals surface area (Å²) >= 11 is 0. The predicted octanol–water partition coefficient (Wildman–Crippen LogP) is 8.35. The average Bonchev–Trinajstić information content (AvgIpc) is 2.85. The first-order chi connectivity index (χ1) is 14.9. The molecule has 0 radical (unpaired) electrons. The maximum atomic E-state index is 2.29. The highest BCUT2D eigenvalue weighted by molar-refractivity contribution is 5.85. The lowest BCUT2D eigenvalue weighted by Gasteiger charge is -2.12. The van der Waals surface area contributed by atoms with Crippen molar-refractivity contribution in [3.05, 3.63) is 133 Å². The van der Waals surface area contributed by atoms with Gasteiger partial charge < -0.3 is 0 Å². The molecule has 0 spiro atoms. The van der Waals surface area contributed by atoms with E-state index in [1.165, 1.54) is 44.5 Å². The third-order valence-electron chi connectivity index (χ3n) is 5.51. The van der Waals surface area contributed by atoms with E-state index < -0.39 is 0 Å². The summed E-state index contributed by atoms with van der Waals surface area (Å²) in [6.07, 6.45) is 0. The van der Waals surface area contributed by atoms with Crippen molar-refractivity contribution in [2.75, 3.05) is 0 Å². The van der Waals surface area contributed by atoms with Crippen molar-refractivity contribution < 1.29 is 0 Å². The SMILES string of the molecule is c1ccc(-c2ccc(-c3cccc(-c4ccccc4-c4ccccc4)c3)cc2)cc1. The van der Waals surface area contributed by atoms with Gasteiger partial charge in [0.05, 0.1) is 0 Å². The van der Waals surface area contributed by atoms with E-state index in [9.17, 15) is 0 Å². The lowest BCUT2D eigenvalue weighted by atomic mass is 9.92. The van der Waals surface area contributed by atoms with Crippen molar-refractivity contribution in [2.24, 2.45) is 0 Å². The molecule has 0 aliphatic rings. The van der Waals surface area contributed by atoms with Gasteiger partial charge in [-0.3, -0.25) is 0 Å². The van der Waals surface area contributed by atoms with Gasteiger partial charge in [0, 0.05) is 0 Å². The van der Waals surface area contributed by atoms with Crippen molar-refractivity contribution in [3.63, 3.8) is 0 Å². The molecule has 5 aromatic carbocycles. The Morgan fingerprint density at radius 2 is 0.633 bits per heavy atom. The first kappa shape index (κ1) is 18.1. The van der Waals surface area contributed by atoms with E-state index in [2.05, 4.69) is 133 Å². The normalized spacial score (nSPS) is 10.7. The van der Waals surface area contributed by atoms with Crippen LogP contribution in [0.1, 0.15) is 0 Å². The molecule has 0 fully saturated rings. The maximum absolute atomic E-state index is 2.29. The van der Waals surface area contributed by atoms with Gasteiger partial charge >= 0.3 is 0 Å². The molecule has 0 unspecified atom stereocenters. The Labute approximate surface area is 178 Å². The summed E-state index contributed by atoms with van der Waals surface area (Å²) in [6.45, 7) is 0. The third kappa shape index (κ3) is 3.68. The zero-order chi connectivity index (χ0) is 20.2. The number of hydrogen-bond donors (Lipinski definition) is 0. The van der Waals surface area contributed by atoms with E-state index in [0.717, 1.165) is 0 Å². The van der Waals surface area contributed by atoms with Crippen LogP contribution in [0.4, 0.5) is 0 Å². The van der Waals surface area contributed by atoms with Crippen molar-refractivity contribution in [3.8, 4) is 44.5 Å². The van der Waals surface area contributed by atoms with Gasteiger partial charge in [0.2, 0.25) is 0 Å². The van der Waals surface area contributed by atoms with Crippen LogP contribution in [-0.4, -0.2) is 0 Å². The molecule has 0 saturated heterocycles. The summed E-state index contributed by atoms with van der Waals surface area (Å²) in [6, 6.07) is 47.4. The van der Waals surface area contributed by atoms with E-state index in [1.54, 1.807) is 0 Å². The number of hydrogen-bond acceptors (Lipinski definition) is 0. The third-order valence-corrected chi connectivity index (χ3v) is 5.51. The molecule has 0 atom stereocenters. The lowest BCUT2D eigenvalue weighted by molar-refractivity contribution is 1.56. The van der Waals surface area contributed by atoms with E-state index >= 15 is 0 Å². The molecule has 0 nitrogen and oxygen atoms in total. The summed E-state index contributed by atoms with van der Waals surface area (Å²) in [5.74, 6) is 0. The zero-order valence-electron chi connectivity index (χ0n) is 16.7. The van der Waals surface area contributed by atoms with Gasteiger partial charge in [-0.15, -0.1) is 0 Å². The topological polar surface area (TPSA) is 0 Å². The second kappa shape index (κ2) is 8.23. The van der Waals surface area contributed by atoms with Gasteiger partial charge in [-0.05, 0) is 50.6 Å². The predicted molar refractivity (Wildman–Crippen MR) is 128 cm³/mol. The quantitative estimate of drug-likeness (QED) is 0.293. The Morgan fingerprint density at radius 1 is 0.233 bits per heavy atom. The molecule has 0 heteroatoms. The summed E-state index contributed by atoms with van der Waals surface area (Å²) in [5.41, 5.74) is 9.94. The van der Waals surface area contributed by atoms with Crippen molar-refractivity contribution in [1.82, 2.24) is 0 Å². The Morgan fingerprint density at radius 3 is 1.27 bits per heavy atom. The molecule has 0 aromatic heterocycles. The van der Waals surface area contributed by atoms with Gasteiger partial charge in [-0.25, -0.2) is 0 Å². The van der Waals surface area contributed by atoms with Crippen LogP contribution in [-0.2, 0) is 0 Å². The summed E-state index contributed by atoms with van der Waals surface area (Å²) < 4.78 is 0. The first-order valence-electron chi connectivity index (χ1n) is 10.3. The molecule has 0 saturated carbocycles. The number of rotatable bonds is 4. The maximum Gasteiger partial charge on any atom is -0.0105 e. The highest BCUT2D eigenvalue weighted by Gasteiger charge is 2.08. The number of benzene rings is 5. The lowest BCUT2D eigenvalue weighted by Crippen LogP contribution is -1.86. The summed E-state index contributed by atoms with van der Waals surface area (Å²) in [4.78, 5) is 0. The van der Waals surface area contributed by atoms with Crippen LogP contribution in [0.5, 0.6) is 0 Å². The minimum absolute atomic E-state index is 1.23. The highest BCUT2D eigenvalue weighted by atomic mass is 14.1. The monoisotopic (exact) mass is 382 g/mol. The summed E-state index contributed by atoms with van der Waals surface area (Å²) in [5, 5.41) is 0. The highest BCUT2D eigenvalue weighted by Crippen LogP contribution is 2.34.